The Bertz CT molecular complexity index is 728. The fourth-order valence-corrected chi connectivity index (χ4v) is 3.06. The number of carbonyl (C=O) groups is 2. The lowest BCUT2D eigenvalue weighted by Crippen LogP contribution is -2.30. The minimum atomic E-state index is -0.117. The zero-order chi connectivity index (χ0) is 18.9. The van der Waals surface area contributed by atoms with Gasteiger partial charge >= 0.3 is 0 Å². The van der Waals surface area contributed by atoms with Gasteiger partial charge in [-0.05, 0) is 62.4 Å². The summed E-state index contributed by atoms with van der Waals surface area (Å²) >= 11 is 1.62. The van der Waals surface area contributed by atoms with Crippen molar-refractivity contribution in [3.05, 3.63) is 54.1 Å². The molecule has 0 fully saturated rings. The van der Waals surface area contributed by atoms with Crippen molar-refractivity contribution < 1.29 is 14.3 Å². The fraction of sp³-hybridized carbons (Fsp3) is 0.300. The SMILES string of the molecule is COc1ccc(SCCC(=O)Nc2ccc(C(=O)NC(C)C)cc2)cc1. The highest BCUT2D eigenvalue weighted by molar-refractivity contribution is 7.99. The zero-order valence-electron chi connectivity index (χ0n) is 15.2. The molecule has 0 aliphatic carbocycles. The molecule has 138 valence electrons. The van der Waals surface area contributed by atoms with Gasteiger partial charge in [0.2, 0.25) is 5.91 Å². The number of anilines is 1. The van der Waals surface area contributed by atoms with Gasteiger partial charge in [0.25, 0.3) is 5.91 Å². The highest BCUT2D eigenvalue weighted by Crippen LogP contribution is 2.22. The molecule has 2 rings (SSSR count). The third-order valence-corrected chi connectivity index (χ3v) is 4.52. The normalized spacial score (nSPS) is 10.5. The number of amides is 2. The van der Waals surface area contributed by atoms with E-state index < -0.39 is 0 Å². The van der Waals surface area contributed by atoms with Crippen molar-refractivity contribution in [1.82, 2.24) is 5.32 Å². The lowest BCUT2D eigenvalue weighted by molar-refractivity contribution is -0.115. The standard InChI is InChI=1S/C20H24N2O3S/c1-14(2)21-20(24)15-4-6-16(7-5-15)22-19(23)12-13-26-18-10-8-17(25-3)9-11-18/h4-11,14H,12-13H2,1-3H3,(H,21,24)(H,22,23). The minimum Gasteiger partial charge on any atom is -0.497 e. The van der Waals surface area contributed by atoms with E-state index in [9.17, 15) is 9.59 Å². The number of thioether (sulfide) groups is 1. The molecule has 0 bridgehead atoms. The Morgan fingerprint density at radius 3 is 2.27 bits per heavy atom. The summed E-state index contributed by atoms with van der Waals surface area (Å²) in [6.45, 7) is 3.83. The summed E-state index contributed by atoms with van der Waals surface area (Å²) in [5, 5.41) is 5.68. The first kappa shape index (κ1) is 19.8. The molecule has 0 radical (unpaired) electrons. The molecule has 6 heteroatoms. The van der Waals surface area contributed by atoms with Crippen LogP contribution in [0.1, 0.15) is 30.6 Å². The number of hydrogen-bond acceptors (Lipinski definition) is 4. The van der Waals surface area contributed by atoms with Crippen LogP contribution in [0, 0.1) is 0 Å². The molecular formula is C20H24N2O3S. The molecule has 5 nitrogen and oxygen atoms in total. The second-order valence-electron chi connectivity index (χ2n) is 6.03. The van der Waals surface area contributed by atoms with Crippen LogP contribution >= 0.6 is 11.8 Å². The van der Waals surface area contributed by atoms with Crippen LogP contribution in [0.5, 0.6) is 5.75 Å². The van der Waals surface area contributed by atoms with Crippen LogP contribution in [0.2, 0.25) is 0 Å². The Balaban J connectivity index is 1.77. The predicted octanol–water partition coefficient (Wildman–Crippen LogP) is 3.95. The van der Waals surface area contributed by atoms with Crippen LogP contribution in [0.25, 0.3) is 0 Å². The summed E-state index contributed by atoms with van der Waals surface area (Å²) in [4.78, 5) is 25.0. The van der Waals surface area contributed by atoms with Gasteiger partial charge in [-0.25, -0.2) is 0 Å². The van der Waals surface area contributed by atoms with Crippen LogP contribution in [0.15, 0.2) is 53.4 Å². The second-order valence-corrected chi connectivity index (χ2v) is 7.20. The lowest BCUT2D eigenvalue weighted by Gasteiger charge is -2.09. The van der Waals surface area contributed by atoms with Gasteiger partial charge in [0.1, 0.15) is 5.75 Å². The molecule has 0 atom stereocenters. The number of benzene rings is 2. The molecule has 2 aromatic carbocycles. The van der Waals surface area contributed by atoms with Gasteiger partial charge in [0.15, 0.2) is 0 Å². The quantitative estimate of drug-likeness (QED) is 0.689. The van der Waals surface area contributed by atoms with Crippen molar-refractivity contribution >= 4 is 29.3 Å². The van der Waals surface area contributed by atoms with Crippen molar-refractivity contribution in [3.8, 4) is 5.75 Å². The van der Waals surface area contributed by atoms with E-state index in [0.717, 1.165) is 10.6 Å². The number of rotatable bonds is 8. The van der Waals surface area contributed by atoms with E-state index in [4.69, 9.17) is 4.74 Å². The highest BCUT2D eigenvalue weighted by atomic mass is 32.2. The molecular weight excluding hydrogens is 348 g/mol. The molecule has 2 amide bonds. The Morgan fingerprint density at radius 1 is 1.04 bits per heavy atom. The summed E-state index contributed by atoms with van der Waals surface area (Å²) in [5.41, 5.74) is 1.26. The Kier molecular flexibility index (Phi) is 7.53. The Morgan fingerprint density at radius 2 is 1.69 bits per heavy atom. The van der Waals surface area contributed by atoms with Gasteiger partial charge in [0.05, 0.1) is 7.11 Å². The predicted molar refractivity (Wildman–Crippen MR) is 106 cm³/mol. The smallest absolute Gasteiger partial charge is 0.251 e. The van der Waals surface area contributed by atoms with E-state index in [1.54, 1.807) is 43.1 Å². The topological polar surface area (TPSA) is 67.4 Å². The molecule has 26 heavy (non-hydrogen) atoms. The molecule has 0 aliphatic heterocycles. The minimum absolute atomic E-state index is 0.0506. The molecule has 0 saturated carbocycles. The van der Waals surface area contributed by atoms with Crippen LogP contribution in [-0.2, 0) is 4.79 Å². The molecule has 0 aromatic heterocycles. The van der Waals surface area contributed by atoms with E-state index in [2.05, 4.69) is 10.6 Å². The summed E-state index contributed by atoms with van der Waals surface area (Å²) < 4.78 is 5.12. The number of ether oxygens (including phenoxy) is 1. The van der Waals surface area contributed by atoms with E-state index in [0.29, 0.717) is 23.4 Å². The first-order chi connectivity index (χ1) is 12.5. The van der Waals surface area contributed by atoms with Gasteiger partial charge in [-0.15, -0.1) is 11.8 Å². The lowest BCUT2D eigenvalue weighted by atomic mass is 10.2. The van der Waals surface area contributed by atoms with E-state index in [-0.39, 0.29) is 17.9 Å². The van der Waals surface area contributed by atoms with Gasteiger partial charge < -0.3 is 15.4 Å². The van der Waals surface area contributed by atoms with Gasteiger partial charge in [-0.1, -0.05) is 0 Å². The third kappa shape index (κ3) is 6.44. The van der Waals surface area contributed by atoms with Crippen LogP contribution in [-0.4, -0.2) is 30.7 Å². The maximum Gasteiger partial charge on any atom is 0.251 e. The van der Waals surface area contributed by atoms with E-state index in [1.165, 1.54) is 0 Å². The maximum absolute atomic E-state index is 12.0. The summed E-state index contributed by atoms with van der Waals surface area (Å²) in [6, 6.07) is 14.7. The zero-order valence-corrected chi connectivity index (χ0v) is 16.1. The Labute approximate surface area is 158 Å². The molecule has 0 heterocycles. The maximum atomic E-state index is 12.0. The van der Waals surface area contributed by atoms with Crippen LogP contribution < -0.4 is 15.4 Å². The van der Waals surface area contributed by atoms with Crippen LogP contribution in [0.4, 0.5) is 5.69 Å². The van der Waals surface area contributed by atoms with E-state index >= 15 is 0 Å². The molecule has 0 saturated heterocycles. The second kappa shape index (κ2) is 9.87. The van der Waals surface area contributed by atoms with Crippen molar-refractivity contribution in [2.45, 2.75) is 31.2 Å². The van der Waals surface area contributed by atoms with Gasteiger partial charge in [-0.2, -0.15) is 0 Å². The van der Waals surface area contributed by atoms with Crippen LogP contribution in [0.3, 0.4) is 0 Å². The number of nitrogens with one attached hydrogen (secondary N) is 2. The average Bonchev–Trinajstić information content (AvgIpc) is 2.62. The first-order valence-electron chi connectivity index (χ1n) is 8.45. The number of methoxy groups -OCH3 is 1. The first-order valence-corrected chi connectivity index (χ1v) is 9.44. The Hall–Kier alpha value is -2.47. The number of carbonyl (C=O) groups excluding carboxylic acids is 2. The van der Waals surface area contributed by atoms with Crippen molar-refractivity contribution in [2.75, 3.05) is 18.2 Å². The molecule has 0 aliphatic rings. The monoisotopic (exact) mass is 372 g/mol. The summed E-state index contributed by atoms with van der Waals surface area (Å²) in [6.07, 6.45) is 0.409. The van der Waals surface area contributed by atoms with Crippen molar-refractivity contribution in [3.63, 3.8) is 0 Å². The summed E-state index contributed by atoms with van der Waals surface area (Å²) in [5.74, 6) is 1.34. The average molecular weight is 372 g/mol. The third-order valence-electron chi connectivity index (χ3n) is 3.51. The van der Waals surface area contributed by atoms with E-state index in [1.807, 2.05) is 38.1 Å². The molecule has 0 unspecified atom stereocenters. The van der Waals surface area contributed by atoms with Gasteiger partial charge in [-0.3, -0.25) is 9.59 Å². The fourth-order valence-electron chi connectivity index (χ4n) is 2.21. The largest absolute Gasteiger partial charge is 0.497 e. The highest BCUT2D eigenvalue weighted by Gasteiger charge is 2.08. The summed E-state index contributed by atoms with van der Waals surface area (Å²) in [7, 11) is 1.63. The molecule has 2 aromatic rings. The molecule has 0 spiro atoms. The van der Waals surface area contributed by atoms with Crippen molar-refractivity contribution in [1.29, 1.82) is 0 Å². The van der Waals surface area contributed by atoms with Gasteiger partial charge in [0, 0.05) is 34.4 Å². The molecule has 2 N–H and O–H groups in total. The number of hydrogen-bond donors (Lipinski definition) is 2. The van der Waals surface area contributed by atoms with Crippen molar-refractivity contribution in [2.24, 2.45) is 0 Å².